The molecule has 1 saturated carbocycles. The lowest BCUT2D eigenvalue weighted by atomic mass is 10.1. The van der Waals surface area contributed by atoms with E-state index in [9.17, 15) is 9.59 Å². The summed E-state index contributed by atoms with van der Waals surface area (Å²) in [6.45, 7) is 0. The Kier molecular flexibility index (Phi) is 4.77. The number of anilines is 1. The van der Waals surface area contributed by atoms with Gasteiger partial charge in [0, 0.05) is 11.7 Å². The maximum absolute atomic E-state index is 11.8. The predicted molar refractivity (Wildman–Crippen MR) is 76.7 cm³/mol. The molecule has 6 heteroatoms. The summed E-state index contributed by atoms with van der Waals surface area (Å²) in [4.78, 5) is 22.7. The number of urea groups is 1. The van der Waals surface area contributed by atoms with Crippen molar-refractivity contribution in [2.24, 2.45) is 5.92 Å². The van der Waals surface area contributed by atoms with Gasteiger partial charge in [0.1, 0.15) is 0 Å². The van der Waals surface area contributed by atoms with Gasteiger partial charge in [-0.25, -0.2) is 4.79 Å². The molecule has 2 rings (SSSR count). The van der Waals surface area contributed by atoms with Crippen LogP contribution >= 0.6 is 0 Å². The third-order valence-electron chi connectivity index (χ3n) is 3.61. The first kappa shape index (κ1) is 14.9. The monoisotopic (exact) mass is 287 g/mol. The smallest absolute Gasteiger partial charge is 0.319 e. The molecule has 3 N–H and O–H groups in total. The first-order valence-corrected chi connectivity index (χ1v) is 6.84. The lowest BCUT2D eigenvalue weighted by Crippen LogP contribution is -2.36. The van der Waals surface area contributed by atoms with E-state index in [4.69, 9.17) is 10.4 Å². The maximum atomic E-state index is 11.8. The minimum atomic E-state index is -0.798. The molecule has 0 bridgehead atoms. The highest BCUT2D eigenvalue weighted by atomic mass is 16.4. The molecule has 2 atom stereocenters. The summed E-state index contributed by atoms with van der Waals surface area (Å²) in [6, 6.07) is 8.68. The first-order chi connectivity index (χ1) is 10.1. The van der Waals surface area contributed by atoms with Crippen LogP contribution in [-0.2, 0) is 11.2 Å². The summed E-state index contributed by atoms with van der Waals surface area (Å²) < 4.78 is 0. The Morgan fingerprint density at radius 1 is 1.29 bits per heavy atom. The average molecular weight is 287 g/mol. The van der Waals surface area contributed by atoms with Gasteiger partial charge in [0.15, 0.2) is 0 Å². The summed E-state index contributed by atoms with van der Waals surface area (Å²) in [7, 11) is 0. The fraction of sp³-hybridized carbons (Fsp3) is 0.400. The summed E-state index contributed by atoms with van der Waals surface area (Å²) >= 11 is 0. The van der Waals surface area contributed by atoms with Gasteiger partial charge in [-0.1, -0.05) is 12.1 Å². The fourth-order valence-corrected chi connectivity index (χ4v) is 2.49. The van der Waals surface area contributed by atoms with E-state index in [1.54, 1.807) is 24.3 Å². The number of carbonyl (C=O) groups excluding carboxylic acids is 1. The minimum absolute atomic E-state index is 0.0936. The van der Waals surface area contributed by atoms with E-state index in [-0.39, 0.29) is 18.0 Å². The Balaban J connectivity index is 1.82. The lowest BCUT2D eigenvalue weighted by molar-refractivity contribution is -0.141. The van der Waals surface area contributed by atoms with Crippen molar-refractivity contribution in [2.75, 3.05) is 5.32 Å². The number of amides is 2. The zero-order valence-electron chi connectivity index (χ0n) is 11.5. The number of carboxylic acid groups (broad SMARTS) is 1. The predicted octanol–water partition coefficient (Wildman–Crippen LogP) is 2.13. The third-order valence-corrected chi connectivity index (χ3v) is 3.61. The van der Waals surface area contributed by atoms with Gasteiger partial charge in [0.05, 0.1) is 18.4 Å². The topological polar surface area (TPSA) is 102 Å². The Morgan fingerprint density at radius 2 is 2.00 bits per heavy atom. The lowest BCUT2D eigenvalue weighted by Gasteiger charge is -2.13. The van der Waals surface area contributed by atoms with E-state index in [0.717, 1.165) is 5.56 Å². The van der Waals surface area contributed by atoms with Crippen LogP contribution in [-0.4, -0.2) is 23.1 Å². The van der Waals surface area contributed by atoms with Crippen LogP contribution in [0.4, 0.5) is 10.5 Å². The van der Waals surface area contributed by atoms with Crippen molar-refractivity contribution in [2.45, 2.75) is 31.7 Å². The molecular formula is C15H17N3O3. The molecule has 1 aliphatic carbocycles. The second-order valence-electron chi connectivity index (χ2n) is 5.18. The molecule has 1 aromatic rings. The number of nitriles is 1. The molecule has 1 aromatic carbocycles. The molecule has 110 valence electrons. The number of hydrogen-bond acceptors (Lipinski definition) is 3. The van der Waals surface area contributed by atoms with E-state index < -0.39 is 5.97 Å². The van der Waals surface area contributed by atoms with Crippen LogP contribution in [0.5, 0.6) is 0 Å². The zero-order valence-corrected chi connectivity index (χ0v) is 11.5. The van der Waals surface area contributed by atoms with Gasteiger partial charge < -0.3 is 15.7 Å². The molecule has 0 saturated heterocycles. The van der Waals surface area contributed by atoms with Gasteiger partial charge >= 0.3 is 12.0 Å². The molecule has 1 fully saturated rings. The Bertz CT molecular complexity index is 563. The van der Waals surface area contributed by atoms with Crippen LogP contribution in [0.15, 0.2) is 24.3 Å². The quantitative estimate of drug-likeness (QED) is 0.789. The Morgan fingerprint density at radius 3 is 2.57 bits per heavy atom. The molecule has 2 amide bonds. The van der Waals surface area contributed by atoms with E-state index in [1.165, 1.54) is 0 Å². The SMILES string of the molecule is N#CCc1ccc(NC(=O)N[C@H]2CC[C@@H](C(=O)O)C2)cc1. The molecule has 0 aromatic heterocycles. The van der Waals surface area contributed by atoms with Crippen molar-refractivity contribution in [1.82, 2.24) is 5.32 Å². The van der Waals surface area contributed by atoms with E-state index in [1.807, 2.05) is 0 Å². The average Bonchev–Trinajstić information content (AvgIpc) is 2.90. The number of carboxylic acids is 1. The molecule has 0 spiro atoms. The number of aliphatic carboxylic acids is 1. The number of rotatable bonds is 4. The van der Waals surface area contributed by atoms with Crippen LogP contribution in [0.25, 0.3) is 0 Å². The van der Waals surface area contributed by atoms with Gasteiger partial charge in [-0.3, -0.25) is 4.79 Å². The second kappa shape index (κ2) is 6.75. The van der Waals surface area contributed by atoms with Crippen LogP contribution in [0.2, 0.25) is 0 Å². The Hall–Kier alpha value is -2.55. The summed E-state index contributed by atoms with van der Waals surface area (Å²) in [5.41, 5.74) is 1.53. The summed E-state index contributed by atoms with van der Waals surface area (Å²) in [5, 5.41) is 23.0. The van der Waals surface area contributed by atoms with Crippen molar-refractivity contribution in [3.8, 4) is 6.07 Å². The number of hydrogen-bond donors (Lipinski definition) is 3. The standard InChI is InChI=1S/C15H17N3O3/c16-8-7-10-1-4-12(5-2-10)17-15(21)18-13-6-3-11(9-13)14(19)20/h1-2,4-5,11,13H,3,6-7,9H2,(H,19,20)(H2,17,18,21)/t11-,13+/m1/s1. The van der Waals surface area contributed by atoms with Crippen LogP contribution < -0.4 is 10.6 Å². The second-order valence-corrected chi connectivity index (χ2v) is 5.18. The highest BCUT2D eigenvalue weighted by molar-refractivity contribution is 5.89. The fourth-order valence-electron chi connectivity index (χ4n) is 2.49. The largest absolute Gasteiger partial charge is 0.481 e. The highest BCUT2D eigenvalue weighted by Crippen LogP contribution is 2.25. The molecule has 0 heterocycles. The van der Waals surface area contributed by atoms with E-state index in [0.29, 0.717) is 31.4 Å². The number of nitrogens with one attached hydrogen (secondary N) is 2. The Labute approximate surface area is 122 Å². The summed E-state index contributed by atoms with van der Waals surface area (Å²) in [5.74, 6) is -1.16. The van der Waals surface area contributed by atoms with Gasteiger partial charge in [-0.05, 0) is 37.0 Å². The van der Waals surface area contributed by atoms with Crippen molar-refractivity contribution in [1.29, 1.82) is 5.26 Å². The van der Waals surface area contributed by atoms with Gasteiger partial charge in [-0.15, -0.1) is 0 Å². The third kappa shape index (κ3) is 4.21. The number of nitrogens with zero attached hydrogens (tertiary/aromatic N) is 1. The van der Waals surface area contributed by atoms with Crippen molar-refractivity contribution < 1.29 is 14.7 Å². The van der Waals surface area contributed by atoms with Crippen molar-refractivity contribution in [3.63, 3.8) is 0 Å². The number of benzene rings is 1. The van der Waals surface area contributed by atoms with Crippen LogP contribution in [0, 0.1) is 17.2 Å². The molecule has 1 aliphatic rings. The molecule has 21 heavy (non-hydrogen) atoms. The number of carbonyl (C=O) groups is 2. The molecule has 0 radical (unpaired) electrons. The van der Waals surface area contributed by atoms with Gasteiger partial charge in [0.2, 0.25) is 0 Å². The minimum Gasteiger partial charge on any atom is -0.481 e. The van der Waals surface area contributed by atoms with E-state index in [2.05, 4.69) is 16.7 Å². The van der Waals surface area contributed by atoms with Crippen molar-refractivity contribution in [3.05, 3.63) is 29.8 Å². The van der Waals surface area contributed by atoms with Crippen LogP contribution in [0.3, 0.4) is 0 Å². The highest BCUT2D eigenvalue weighted by Gasteiger charge is 2.30. The van der Waals surface area contributed by atoms with Crippen molar-refractivity contribution >= 4 is 17.7 Å². The summed E-state index contributed by atoms with van der Waals surface area (Å²) in [6.07, 6.45) is 2.10. The molecule has 6 nitrogen and oxygen atoms in total. The normalized spacial score (nSPS) is 20.5. The first-order valence-electron chi connectivity index (χ1n) is 6.84. The molecular weight excluding hydrogens is 270 g/mol. The molecule has 0 aliphatic heterocycles. The van der Waals surface area contributed by atoms with E-state index >= 15 is 0 Å². The molecule has 0 unspecified atom stereocenters. The zero-order chi connectivity index (χ0) is 15.2. The van der Waals surface area contributed by atoms with Gasteiger partial charge in [-0.2, -0.15) is 5.26 Å². The maximum Gasteiger partial charge on any atom is 0.319 e. The van der Waals surface area contributed by atoms with Crippen LogP contribution in [0.1, 0.15) is 24.8 Å². The van der Waals surface area contributed by atoms with Gasteiger partial charge in [0.25, 0.3) is 0 Å².